The highest BCUT2D eigenvalue weighted by molar-refractivity contribution is 6.31. The first kappa shape index (κ1) is 19.5. The van der Waals surface area contributed by atoms with Gasteiger partial charge in [-0.2, -0.15) is 0 Å². The summed E-state index contributed by atoms with van der Waals surface area (Å²) in [7, 11) is 0. The Morgan fingerprint density at radius 2 is 2.00 bits per heavy atom. The van der Waals surface area contributed by atoms with Crippen molar-refractivity contribution in [3.05, 3.63) is 64.4 Å². The van der Waals surface area contributed by atoms with Crippen LogP contribution in [-0.2, 0) is 4.74 Å². The summed E-state index contributed by atoms with van der Waals surface area (Å²) in [5.74, 6) is 5.42. The van der Waals surface area contributed by atoms with Crippen molar-refractivity contribution in [2.75, 3.05) is 6.54 Å². The Balaban J connectivity index is 2.14. The molecule has 0 bridgehead atoms. The lowest BCUT2D eigenvalue weighted by Crippen LogP contribution is -2.32. The van der Waals surface area contributed by atoms with Crippen LogP contribution in [0.2, 0.25) is 5.02 Å². The molecule has 0 aliphatic heterocycles. The number of rotatable bonds is 3. The van der Waals surface area contributed by atoms with Gasteiger partial charge >= 0.3 is 6.09 Å². The molecule has 0 saturated carbocycles. The molecule has 0 saturated heterocycles. The number of nitrogens with one attached hydrogen (secondary N) is 1. The van der Waals surface area contributed by atoms with Crippen LogP contribution in [0.4, 0.5) is 4.79 Å². The van der Waals surface area contributed by atoms with E-state index in [4.69, 9.17) is 16.3 Å². The molecule has 0 unspecified atom stereocenters. The zero-order valence-corrected chi connectivity index (χ0v) is 15.6. The number of hydrogen-bond donors (Lipinski definition) is 1. The number of benzene rings is 1. The van der Waals surface area contributed by atoms with E-state index < -0.39 is 11.7 Å². The van der Waals surface area contributed by atoms with Crippen LogP contribution >= 0.6 is 11.6 Å². The van der Waals surface area contributed by atoms with Gasteiger partial charge in [-0.3, -0.25) is 9.78 Å². The Morgan fingerprint density at radius 3 is 2.65 bits per heavy atom. The van der Waals surface area contributed by atoms with E-state index in [1.165, 1.54) is 0 Å². The summed E-state index contributed by atoms with van der Waals surface area (Å²) in [6.45, 7) is 5.43. The van der Waals surface area contributed by atoms with Gasteiger partial charge in [0.15, 0.2) is 0 Å². The maximum Gasteiger partial charge on any atom is 0.408 e. The van der Waals surface area contributed by atoms with Gasteiger partial charge in [0.2, 0.25) is 5.78 Å². The van der Waals surface area contributed by atoms with Gasteiger partial charge in [-0.05, 0) is 51.1 Å². The molecule has 0 atom stereocenters. The lowest BCUT2D eigenvalue weighted by Gasteiger charge is -2.19. The molecule has 2 rings (SSSR count). The topological polar surface area (TPSA) is 68.3 Å². The normalized spacial score (nSPS) is 10.5. The summed E-state index contributed by atoms with van der Waals surface area (Å²) in [5, 5.41) is 2.98. The van der Waals surface area contributed by atoms with Gasteiger partial charge in [0.25, 0.3) is 0 Å². The van der Waals surface area contributed by atoms with Crippen LogP contribution in [0.5, 0.6) is 0 Å². The number of hydrogen-bond acceptors (Lipinski definition) is 4. The zero-order valence-electron chi connectivity index (χ0n) is 14.8. The van der Waals surface area contributed by atoms with Crippen molar-refractivity contribution in [1.82, 2.24) is 10.3 Å². The Kier molecular flexibility index (Phi) is 6.37. The van der Waals surface area contributed by atoms with E-state index in [0.29, 0.717) is 21.8 Å². The second-order valence-electron chi connectivity index (χ2n) is 6.39. The van der Waals surface area contributed by atoms with E-state index in [1.807, 2.05) is 0 Å². The number of ketones is 1. The molecule has 1 aromatic carbocycles. The van der Waals surface area contributed by atoms with Gasteiger partial charge < -0.3 is 10.1 Å². The maximum atomic E-state index is 12.6. The fraction of sp³-hybridized carbons (Fsp3) is 0.250. The van der Waals surface area contributed by atoms with E-state index in [9.17, 15) is 9.59 Å². The number of alkyl carbamates (subject to hydrolysis) is 1. The average molecular weight is 371 g/mol. The van der Waals surface area contributed by atoms with E-state index in [0.717, 1.165) is 0 Å². The first-order valence-electron chi connectivity index (χ1n) is 7.97. The highest BCUT2D eigenvalue weighted by Gasteiger charge is 2.16. The Bertz CT molecular complexity index is 862. The summed E-state index contributed by atoms with van der Waals surface area (Å²) in [6, 6.07) is 9.98. The Labute approximate surface area is 157 Å². The van der Waals surface area contributed by atoms with Gasteiger partial charge in [0.05, 0.1) is 6.54 Å². The molecule has 0 radical (unpaired) electrons. The molecule has 1 N–H and O–H groups in total. The molecule has 0 aliphatic carbocycles. The molecule has 6 heteroatoms. The van der Waals surface area contributed by atoms with Crippen molar-refractivity contribution in [1.29, 1.82) is 0 Å². The predicted molar refractivity (Wildman–Crippen MR) is 100 cm³/mol. The van der Waals surface area contributed by atoms with Crippen molar-refractivity contribution in [3.8, 4) is 11.8 Å². The monoisotopic (exact) mass is 370 g/mol. The van der Waals surface area contributed by atoms with Crippen LogP contribution in [0.3, 0.4) is 0 Å². The van der Waals surface area contributed by atoms with Crippen molar-refractivity contribution < 1.29 is 14.3 Å². The number of aromatic nitrogens is 1. The van der Waals surface area contributed by atoms with Crippen LogP contribution in [-0.4, -0.2) is 29.0 Å². The van der Waals surface area contributed by atoms with Crippen LogP contribution in [0.1, 0.15) is 42.4 Å². The quantitative estimate of drug-likeness (QED) is 0.658. The standard InChI is InChI=1S/C20H19ClN2O3/c1-20(2,3)26-19(25)23-12-6-7-14-9-10-15(21)13-16(14)18(24)17-8-4-5-11-22-17/h4-5,8-11,13H,12H2,1-3H3,(H,23,25). The van der Waals surface area contributed by atoms with Gasteiger partial charge in [-0.15, -0.1) is 0 Å². The van der Waals surface area contributed by atoms with E-state index in [2.05, 4.69) is 22.1 Å². The zero-order chi connectivity index (χ0) is 19.2. The molecule has 2 aromatic rings. The second-order valence-corrected chi connectivity index (χ2v) is 6.83. The third kappa shape index (κ3) is 5.91. The molecular formula is C20H19ClN2O3. The summed E-state index contributed by atoms with van der Waals surface area (Å²) in [4.78, 5) is 28.3. The minimum absolute atomic E-state index is 0.0920. The fourth-order valence-electron chi connectivity index (χ4n) is 2.02. The van der Waals surface area contributed by atoms with Gasteiger partial charge in [0, 0.05) is 22.3 Å². The molecule has 1 amide bonds. The SMILES string of the molecule is CC(C)(C)OC(=O)NCC#Cc1ccc(Cl)cc1C(=O)c1ccccn1. The third-order valence-corrected chi connectivity index (χ3v) is 3.30. The minimum atomic E-state index is -0.573. The minimum Gasteiger partial charge on any atom is -0.444 e. The number of nitrogens with zero attached hydrogens (tertiary/aromatic N) is 1. The lowest BCUT2D eigenvalue weighted by molar-refractivity contribution is 0.0535. The summed E-state index contributed by atoms with van der Waals surface area (Å²) < 4.78 is 5.13. The molecule has 0 spiro atoms. The fourth-order valence-corrected chi connectivity index (χ4v) is 2.19. The highest BCUT2D eigenvalue weighted by atomic mass is 35.5. The van der Waals surface area contributed by atoms with Crippen LogP contribution in [0.25, 0.3) is 0 Å². The van der Waals surface area contributed by atoms with Crippen molar-refractivity contribution in [2.45, 2.75) is 26.4 Å². The first-order valence-corrected chi connectivity index (χ1v) is 8.35. The Hall–Kier alpha value is -2.84. The highest BCUT2D eigenvalue weighted by Crippen LogP contribution is 2.18. The number of ether oxygens (including phenoxy) is 1. The molecule has 0 fully saturated rings. The average Bonchev–Trinajstić information content (AvgIpc) is 2.58. The summed E-state index contributed by atoms with van der Waals surface area (Å²) >= 11 is 6.02. The first-order chi connectivity index (χ1) is 12.3. The lowest BCUT2D eigenvalue weighted by atomic mass is 10.0. The Morgan fingerprint density at radius 1 is 1.23 bits per heavy atom. The van der Waals surface area contributed by atoms with E-state index in [-0.39, 0.29) is 12.3 Å². The summed E-state index contributed by atoms with van der Waals surface area (Å²) in [5.41, 5.74) is 0.609. The van der Waals surface area contributed by atoms with E-state index >= 15 is 0 Å². The second kappa shape index (κ2) is 8.50. The van der Waals surface area contributed by atoms with Crippen LogP contribution < -0.4 is 5.32 Å². The van der Waals surface area contributed by atoms with Gasteiger partial charge in [0.1, 0.15) is 11.3 Å². The number of halogens is 1. The molecule has 5 nitrogen and oxygen atoms in total. The number of carbonyl (C=O) groups is 2. The molecule has 0 aliphatic rings. The molecule has 26 heavy (non-hydrogen) atoms. The van der Waals surface area contributed by atoms with Crippen LogP contribution in [0, 0.1) is 11.8 Å². The molecule has 134 valence electrons. The van der Waals surface area contributed by atoms with Crippen molar-refractivity contribution in [3.63, 3.8) is 0 Å². The number of pyridine rings is 1. The van der Waals surface area contributed by atoms with E-state index in [1.54, 1.807) is 63.4 Å². The maximum absolute atomic E-state index is 12.6. The van der Waals surface area contributed by atoms with Gasteiger partial charge in [-0.1, -0.05) is 29.5 Å². The third-order valence-electron chi connectivity index (χ3n) is 3.07. The van der Waals surface area contributed by atoms with Crippen molar-refractivity contribution in [2.24, 2.45) is 0 Å². The molecule has 1 aromatic heterocycles. The summed E-state index contributed by atoms with van der Waals surface area (Å²) in [6.07, 6.45) is 1.00. The smallest absolute Gasteiger partial charge is 0.408 e. The molecule has 1 heterocycles. The van der Waals surface area contributed by atoms with Crippen LogP contribution in [0.15, 0.2) is 42.6 Å². The number of amides is 1. The predicted octanol–water partition coefficient (Wildman–Crippen LogP) is 3.84. The van der Waals surface area contributed by atoms with Gasteiger partial charge in [-0.25, -0.2) is 4.79 Å². The number of carbonyl (C=O) groups excluding carboxylic acids is 2. The van der Waals surface area contributed by atoms with Crippen molar-refractivity contribution >= 4 is 23.5 Å². The largest absolute Gasteiger partial charge is 0.444 e. The molecular weight excluding hydrogens is 352 g/mol.